The largest absolute Gasteiger partial charge is 0.462 e. The van der Waals surface area contributed by atoms with Crippen molar-refractivity contribution in [3.05, 3.63) is 146 Å². The first-order valence-corrected chi connectivity index (χ1v) is 33.3. The van der Waals surface area contributed by atoms with Crippen molar-refractivity contribution in [2.24, 2.45) is 0 Å². The van der Waals surface area contributed by atoms with Gasteiger partial charge in [0.15, 0.2) is 6.10 Å². The number of hydrogen-bond donors (Lipinski definition) is 0. The van der Waals surface area contributed by atoms with Crippen molar-refractivity contribution in [3.8, 4) is 0 Å². The van der Waals surface area contributed by atoms with Crippen LogP contribution in [-0.4, -0.2) is 37.2 Å². The quantitative estimate of drug-likeness (QED) is 0.0261. The van der Waals surface area contributed by atoms with Gasteiger partial charge in [-0.25, -0.2) is 0 Å². The molecule has 0 fully saturated rings. The third-order valence-corrected chi connectivity index (χ3v) is 13.8. The minimum atomic E-state index is -0.790. The van der Waals surface area contributed by atoms with E-state index in [-0.39, 0.29) is 31.1 Å². The van der Waals surface area contributed by atoms with Crippen LogP contribution in [0.4, 0.5) is 0 Å². The summed E-state index contributed by atoms with van der Waals surface area (Å²) in [4.78, 5) is 38.0. The van der Waals surface area contributed by atoms with E-state index in [4.69, 9.17) is 14.2 Å². The van der Waals surface area contributed by atoms with E-state index in [2.05, 4.69) is 167 Å². The highest BCUT2D eigenvalue weighted by molar-refractivity contribution is 5.71. The van der Waals surface area contributed by atoms with Crippen molar-refractivity contribution in [2.75, 3.05) is 13.2 Å². The third-order valence-electron chi connectivity index (χ3n) is 13.8. The zero-order valence-electron chi connectivity index (χ0n) is 52.5. The first-order valence-electron chi connectivity index (χ1n) is 33.3. The molecule has 0 heterocycles. The molecule has 0 saturated carbocycles. The Kier molecular flexibility index (Phi) is 63.9. The molecule has 6 heteroatoms. The molecule has 0 aliphatic heterocycles. The number of carbonyl (C=O) groups is 3. The van der Waals surface area contributed by atoms with Crippen LogP contribution in [-0.2, 0) is 28.6 Å². The fourth-order valence-corrected chi connectivity index (χ4v) is 8.92. The summed E-state index contributed by atoms with van der Waals surface area (Å²) >= 11 is 0. The minimum absolute atomic E-state index is 0.0889. The lowest BCUT2D eigenvalue weighted by atomic mass is 10.0. The summed E-state index contributed by atoms with van der Waals surface area (Å²) in [5.74, 6) is -0.921. The molecule has 0 N–H and O–H groups in total. The molecule has 0 saturated heterocycles. The van der Waals surface area contributed by atoms with Gasteiger partial charge in [0.2, 0.25) is 0 Å². The zero-order chi connectivity index (χ0) is 58.5. The molecule has 6 nitrogen and oxygen atoms in total. The summed E-state index contributed by atoms with van der Waals surface area (Å²) in [5, 5.41) is 0. The van der Waals surface area contributed by atoms with Crippen molar-refractivity contribution in [2.45, 2.75) is 297 Å². The summed E-state index contributed by atoms with van der Waals surface area (Å²) in [6.07, 6.45) is 97.7. The van der Waals surface area contributed by atoms with Crippen LogP contribution >= 0.6 is 0 Å². The van der Waals surface area contributed by atoms with Gasteiger partial charge in [-0.3, -0.25) is 14.4 Å². The highest BCUT2D eigenvalue weighted by Gasteiger charge is 2.19. The second kappa shape index (κ2) is 67.8. The topological polar surface area (TPSA) is 78.9 Å². The number of carbonyl (C=O) groups excluding carboxylic acids is 3. The van der Waals surface area contributed by atoms with Crippen molar-refractivity contribution in [1.82, 2.24) is 0 Å². The van der Waals surface area contributed by atoms with Crippen LogP contribution in [0.2, 0.25) is 0 Å². The number of allylic oxidation sites excluding steroid dienone is 24. The molecular weight excluding hydrogens is 997 g/mol. The lowest BCUT2D eigenvalue weighted by Crippen LogP contribution is -2.30. The normalized spacial score (nSPS) is 13.1. The van der Waals surface area contributed by atoms with E-state index in [1.807, 2.05) is 0 Å². The van der Waals surface area contributed by atoms with Crippen molar-refractivity contribution in [1.29, 1.82) is 0 Å². The van der Waals surface area contributed by atoms with E-state index in [1.54, 1.807) is 0 Å². The molecule has 0 spiro atoms. The van der Waals surface area contributed by atoms with Gasteiger partial charge < -0.3 is 14.2 Å². The van der Waals surface area contributed by atoms with Gasteiger partial charge in [0, 0.05) is 19.3 Å². The number of hydrogen-bond acceptors (Lipinski definition) is 6. The minimum Gasteiger partial charge on any atom is -0.462 e. The number of rotatable bonds is 59. The van der Waals surface area contributed by atoms with E-state index in [1.165, 1.54) is 83.5 Å². The highest BCUT2D eigenvalue weighted by Crippen LogP contribution is 2.16. The molecule has 0 aromatic heterocycles. The maximum atomic E-state index is 12.8. The van der Waals surface area contributed by atoms with Gasteiger partial charge in [0.05, 0.1) is 0 Å². The van der Waals surface area contributed by atoms with Gasteiger partial charge in [-0.1, -0.05) is 295 Å². The Balaban J connectivity index is 4.08. The zero-order valence-corrected chi connectivity index (χ0v) is 52.5. The Morgan fingerprint density at radius 1 is 0.259 bits per heavy atom. The van der Waals surface area contributed by atoms with Crippen molar-refractivity contribution >= 4 is 17.9 Å². The van der Waals surface area contributed by atoms with Crippen LogP contribution in [0.15, 0.2) is 146 Å². The van der Waals surface area contributed by atoms with Gasteiger partial charge >= 0.3 is 17.9 Å². The Bertz CT molecular complexity index is 1760. The van der Waals surface area contributed by atoms with E-state index < -0.39 is 6.10 Å². The fraction of sp³-hybridized carbons (Fsp3) is 0.640. The summed E-state index contributed by atoms with van der Waals surface area (Å²) < 4.78 is 16.8. The van der Waals surface area contributed by atoms with E-state index in [0.717, 1.165) is 167 Å². The third kappa shape index (κ3) is 66.0. The van der Waals surface area contributed by atoms with Crippen molar-refractivity contribution in [3.63, 3.8) is 0 Å². The Labute approximate surface area is 499 Å². The first-order chi connectivity index (χ1) is 40.0. The molecule has 1 atom stereocenters. The van der Waals surface area contributed by atoms with Gasteiger partial charge in [-0.15, -0.1) is 0 Å². The number of esters is 3. The molecule has 0 rings (SSSR count). The number of unbranched alkanes of at least 4 members (excludes halogenated alkanes) is 24. The van der Waals surface area contributed by atoms with Crippen molar-refractivity contribution < 1.29 is 28.6 Å². The van der Waals surface area contributed by atoms with Gasteiger partial charge in [-0.2, -0.15) is 0 Å². The number of ether oxygens (including phenoxy) is 3. The predicted molar refractivity (Wildman–Crippen MR) is 352 cm³/mol. The maximum absolute atomic E-state index is 12.8. The van der Waals surface area contributed by atoms with Crippen LogP contribution in [0, 0.1) is 0 Å². The van der Waals surface area contributed by atoms with Crippen LogP contribution in [0.3, 0.4) is 0 Å². The summed E-state index contributed by atoms with van der Waals surface area (Å²) in [6.45, 7) is 6.32. The average molecular weight is 1120 g/mol. The van der Waals surface area contributed by atoms with Crippen LogP contribution in [0.1, 0.15) is 290 Å². The highest BCUT2D eigenvalue weighted by atomic mass is 16.6. The molecule has 0 aromatic carbocycles. The van der Waals surface area contributed by atoms with Gasteiger partial charge in [-0.05, 0) is 122 Å². The lowest BCUT2D eigenvalue weighted by molar-refractivity contribution is -0.167. The van der Waals surface area contributed by atoms with E-state index >= 15 is 0 Å². The molecule has 1 unspecified atom stereocenters. The van der Waals surface area contributed by atoms with E-state index in [9.17, 15) is 14.4 Å². The second-order valence-electron chi connectivity index (χ2n) is 21.6. The monoisotopic (exact) mass is 1120 g/mol. The molecule has 0 aromatic rings. The van der Waals surface area contributed by atoms with Gasteiger partial charge in [0.1, 0.15) is 13.2 Å². The summed E-state index contributed by atoms with van der Waals surface area (Å²) in [5.41, 5.74) is 0. The molecule has 81 heavy (non-hydrogen) atoms. The second-order valence-corrected chi connectivity index (χ2v) is 21.6. The first kappa shape index (κ1) is 76.3. The molecule has 0 aliphatic rings. The summed E-state index contributed by atoms with van der Waals surface area (Å²) in [7, 11) is 0. The molecule has 0 amide bonds. The molecule has 0 radical (unpaired) electrons. The lowest BCUT2D eigenvalue weighted by Gasteiger charge is -2.18. The van der Waals surface area contributed by atoms with Gasteiger partial charge in [0.25, 0.3) is 0 Å². The van der Waals surface area contributed by atoms with Crippen LogP contribution in [0.25, 0.3) is 0 Å². The summed E-state index contributed by atoms with van der Waals surface area (Å²) in [6, 6.07) is 0. The van der Waals surface area contributed by atoms with Crippen LogP contribution in [0.5, 0.6) is 0 Å². The molecule has 0 bridgehead atoms. The Morgan fingerprint density at radius 2 is 0.481 bits per heavy atom. The standard InChI is InChI=1S/C75H122O6/c1-4-7-10-13-15-17-19-21-23-25-27-29-31-33-35-36-37-38-40-41-43-45-47-49-51-53-55-57-59-62-65-68-74(77)80-71-72(70-79-73(76)67-64-61-12-9-6-3)81-75(78)69-66-63-60-58-56-54-52-50-48-46-44-42-39-34-32-30-28-26-24-22-20-18-16-14-11-8-5-2/h7-8,10-11,15-18,21-24,27-30,33-35,39,44,46,50,52,72H,4-6,9,12-14,19-20,25-26,31-32,36-38,40-43,45,47-49,51,53-71H2,1-3H3/b10-7-,11-8-,17-15-,18-16-,23-21-,24-22-,29-27-,30-28-,35-33-,39-34-,46-44-,52-50-. The molecule has 458 valence electrons. The predicted octanol–water partition coefficient (Wildman–Crippen LogP) is 23.1. The molecule has 0 aliphatic carbocycles. The molecular formula is C75H122O6. The fourth-order valence-electron chi connectivity index (χ4n) is 8.92. The smallest absolute Gasteiger partial charge is 0.306 e. The maximum Gasteiger partial charge on any atom is 0.306 e. The SMILES string of the molecule is CC/C=C\C/C=C\C/C=C\C/C=C\C/C=C\C/C=C\C/C=C\CCCCCCCC(=O)OC(COC(=O)CCCCCCC)COC(=O)CCCCCCCCCCCCCCCCC/C=C\C/C=C\C/C=C\C/C=C\C/C=C\CC. The average Bonchev–Trinajstić information content (AvgIpc) is 3.47. The Hall–Kier alpha value is -4.71. The van der Waals surface area contributed by atoms with E-state index in [0.29, 0.717) is 19.3 Å². The Morgan fingerprint density at radius 3 is 0.753 bits per heavy atom. The van der Waals surface area contributed by atoms with Crippen LogP contribution < -0.4 is 0 Å².